The second-order valence-corrected chi connectivity index (χ2v) is 10.6. The summed E-state index contributed by atoms with van der Waals surface area (Å²) in [5.74, 6) is 2.15. The van der Waals surface area contributed by atoms with Gasteiger partial charge in [-0.15, -0.1) is 0 Å². The maximum atomic E-state index is 11.9. The lowest BCUT2D eigenvalue weighted by molar-refractivity contribution is 0.288. The summed E-state index contributed by atoms with van der Waals surface area (Å²) < 4.78 is 37.6. The van der Waals surface area contributed by atoms with E-state index in [9.17, 15) is 8.42 Å². The molecule has 0 unspecified atom stereocenters. The molecule has 0 atom stereocenters. The lowest BCUT2D eigenvalue weighted by Crippen LogP contribution is -2.42. The summed E-state index contributed by atoms with van der Waals surface area (Å²) in [5, 5.41) is 3.32. The highest BCUT2D eigenvalue weighted by molar-refractivity contribution is 7.90. The first kappa shape index (κ1) is 22.2. The Morgan fingerprint density at radius 3 is 2.69 bits per heavy atom. The Hall–Kier alpha value is -1.51. The van der Waals surface area contributed by atoms with Crippen molar-refractivity contribution in [3.63, 3.8) is 0 Å². The first-order valence-electron chi connectivity index (χ1n) is 10.7. The molecule has 3 rings (SSSR count). The van der Waals surface area contributed by atoms with Crippen LogP contribution in [0, 0.1) is 5.92 Å². The van der Waals surface area contributed by atoms with Gasteiger partial charge in [0.25, 0.3) is 0 Å². The molecule has 8 heteroatoms. The molecular weight excluding hydrogens is 390 g/mol. The monoisotopic (exact) mass is 425 g/mol. The largest absolute Gasteiger partial charge is 0.497 e. The Labute approximate surface area is 175 Å². The zero-order valence-corrected chi connectivity index (χ0v) is 18.6. The van der Waals surface area contributed by atoms with E-state index in [1.807, 2.05) is 12.1 Å². The predicted octanol–water partition coefficient (Wildman–Crippen LogP) is 2.37. The van der Waals surface area contributed by atoms with Crippen LogP contribution in [0.25, 0.3) is 0 Å². The summed E-state index contributed by atoms with van der Waals surface area (Å²) >= 11 is 0. The van der Waals surface area contributed by atoms with Crippen molar-refractivity contribution in [3.05, 3.63) is 18.2 Å². The molecule has 2 N–H and O–H groups in total. The Morgan fingerprint density at radius 2 is 2.00 bits per heavy atom. The molecule has 1 saturated carbocycles. The molecule has 0 radical (unpaired) electrons. The standard InChI is InChI=1S/C21H35N3O4S/c1-16(2)29(25,26)23-15-17-4-6-18(7-5-17)22-10-11-24-12-13-28-21-14-19(27-3)8-9-20(21)24/h8-9,14,16-18,22-23H,4-7,10-13,15H2,1-3H3. The number of rotatable bonds is 9. The summed E-state index contributed by atoms with van der Waals surface area (Å²) in [6, 6.07) is 6.51. The number of nitrogens with zero attached hydrogens (tertiary/aromatic N) is 1. The van der Waals surface area contributed by atoms with Crippen molar-refractivity contribution >= 4 is 15.7 Å². The van der Waals surface area contributed by atoms with E-state index in [0.717, 1.165) is 62.5 Å². The molecule has 0 aromatic heterocycles. The van der Waals surface area contributed by atoms with Gasteiger partial charge in [0, 0.05) is 31.7 Å². The van der Waals surface area contributed by atoms with Gasteiger partial charge in [-0.2, -0.15) is 0 Å². The number of sulfonamides is 1. The highest BCUT2D eigenvalue weighted by atomic mass is 32.2. The van der Waals surface area contributed by atoms with Crippen LogP contribution < -0.4 is 24.4 Å². The fourth-order valence-electron chi connectivity index (χ4n) is 3.99. The van der Waals surface area contributed by atoms with Crippen molar-refractivity contribution in [2.75, 3.05) is 44.8 Å². The van der Waals surface area contributed by atoms with Crippen LogP contribution in [0.4, 0.5) is 5.69 Å². The van der Waals surface area contributed by atoms with E-state index < -0.39 is 10.0 Å². The summed E-state index contributed by atoms with van der Waals surface area (Å²) in [5.41, 5.74) is 1.12. The quantitative estimate of drug-likeness (QED) is 0.632. The second-order valence-electron chi connectivity index (χ2n) is 8.28. The van der Waals surface area contributed by atoms with Gasteiger partial charge >= 0.3 is 0 Å². The SMILES string of the molecule is COc1ccc2c(c1)OCCN2CCNC1CCC(CNS(=O)(=O)C(C)C)CC1. The van der Waals surface area contributed by atoms with Gasteiger partial charge in [-0.3, -0.25) is 0 Å². The van der Waals surface area contributed by atoms with Crippen molar-refractivity contribution in [2.24, 2.45) is 5.92 Å². The zero-order valence-electron chi connectivity index (χ0n) is 17.8. The Kier molecular flexibility index (Phi) is 7.65. The molecule has 164 valence electrons. The van der Waals surface area contributed by atoms with E-state index in [1.165, 1.54) is 0 Å². The maximum absolute atomic E-state index is 11.9. The molecule has 1 aliphatic heterocycles. The highest BCUT2D eigenvalue weighted by Gasteiger charge is 2.24. The van der Waals surface area contributed by atoms with Gasteiger partial charge in [-0.05, 0) is 57.6 Å². The normalized spacial score (nSPS) is 22.3. The number of fused-ring (bicyclic) bond motifs is 1. The molecule has 2 aliphatic rings. The second kappa shape index (κ2) is 10.00. The minimum Gasteiger partial charge on any atom is -0.497 e. The van der Waals surface area contributed by atoms with Gasteiger partial charge < -0.3 is 19.7 Å². The van der Waals surface area contributed by atoms with Gasteiger partial charge in [0.05, 0.1) is 24.6 Å². The van der Waals surface area contributed by atoms with Gasteiger partial charge in [-0.25, -0.2) is 13.1 Å². The van der Waals surface area contributed by atoms with Crippen molar-refractivity contribution < 1.29 is 17.9 Å². The van der Waals surface area contributed by atoms with Crippen LogP contribution in [0.3, 0.4) is 0 Å². The van der Waals surface area contributed by atoms with E-state index in [0.29, 0.717) is 25.1 Å². The van der Waals surface area contributed by atoms with Crippen LogP contribution in [0.15, 0.2) is 18.2 Å². The van der Waals surface area contributed by atoms with Crippen LogP contribution in [-0.4, -0.2) is 59.6 Å². The van der Waals surface area contributed by atoms with Gasteiger partial charge in [0.2, 0.25) is 10.0 Å². The van der Waals surface area contributed by atoms with Gasteiger partial charge in [0.1, 0.15) is 18.1 Å². The lowest BCUT2D eigenvalue weighted by atomic mass is 9.86. The average molecular weight is 426 g/mol. The third kappa shape index (κ3) is 5.99. The Balaban J connectivity index is 1.39. The van der Waals surface area contributed by atoms with Gasteiger partial charge in [-0.1, -0.05) is 0 Å². The highest BCUT2D eigenvalue weighted by Crippen LogP contribution is 2.34. The predicted molar refractivity (Wildman–Crippen MR) is 117 cm³/mol. The minimum atomic E-state index is -3.16. The molecule has 1 aromatic rings. The van der Waals surface area contributed by atoms with Gasteiger partial charge in [0.15, 0.2) is 0 Å². The molecule has 1 aliphatic carbocycles. The third-order valence-corrected chi connectivity index (χ3v) is 7.79. The van der Waals surface area contributed by atoms with Crippen molar-refractivity contribution in [2.45, 2.75) is 50.8 Å². The number of nitrogens with one attached hydrogen (secondary N) is 2. The van der Waals surface area contributed by atoms with E-state index >= 15 is 0 Å². The summed E-state index contributed by atoms with van der Waals surface area (Å²) in [4.78, 5) is 2.36. The number of benzene rings is 1. The number of methoxy groups -OCH3 is 1. The summed E-state index contributed by atoms with van der Waals surface area (Å²) in [6.07, 6.45) is 4.34. The van der Waals surface area contributed by atoms with E-state index in [-0.39, 0.29) is 5.25 Å². The number of ether oxygens (including phenoxy) is 2. The third-order valence-electron chi connectivity index (χ3n) is 5.98. The molecule has 0 amide bonds. The maximum Gasteiger partial charge on any atom is 0.213 e. The molecular formula is C21H35N3O4S. The van der Waals surface area contributed by atoms with Crippen molar-refractivity contribution in [1.29, 1.82) is 0 Å². The zero-order chi connectivity index (χ0) is 20.9. The van der Waals surface area contributed by atoms with Crippen molar-refractivity contribution in [3.8, 4) is 11.5 Å². The van der Waals surface area contributed by atoms with E-state index in [1.54, 1.807) is 21.0 Å². The fraction of sp³-hybridized carbons (Fsp3) is 0.714. The Morgan fingerprint density at radius 1 is 1.24 bits per heavy atom. The van der Waals surface area contributed by atoms with E-state index in [2.05, 4.69) is 21.0 Å². The minimum absolute atomic E-state index is 0.369. The number of anilines is 1. The molecule has 29 heavy (non-hydrogen) atoms. The van der Waals surface area contributed by atoms with Crippen LogP contribution in [0.5, 0.6) is 11.5 Å². The van der Waals surface area contributed by atoms with Crippen molar-refractivity contribution in [1.82, 2.24) is 10.0 Å². The smallest absolute Gasteiger partial charge is 0.213 e. The molecule has 0 saturated heterocycles. The topological polar surface area (TPSA) is 79.9 Å². The van der Waals surface area contributed by atoms with Crippen LogP contribution in [0.1, 0.15) is 39.5 Å². The first-order valence-corrected chi connectivity index (χ1v) is 12.2. The number of hydrogen-bond acceptors (Lipinski definition) is 6. The van der Waals surface area contributed by atoms with Crippen LogP contribution in [0.2, 0.25) is 0 Å². The first-order chi connectivity index (χ1) is 13.9. The molecule has 0 bridgehead atoms. The van der Waals surface area contributed by atoms with Crippen LogP contribution in [-0.2, 0) is 10.0 Å². The van der Waals surface area contributed by atoms with E-state index in [4.69, 9.17) is 9.47 Å². The molecule has 1 fully saturated rings. The van der Waals surface area contributed by atoms with Crippen LogP contribution >= 0.6 is 0 Å². The Bertz CT molecular complexity index is 761. The summed E-state index contributed by atoms with van der Waals surface area (Å²) in [6.45, 7) is 7.46. The molecule has 7 nitrogen and oxygen atoms in total. The fourth-order valence-corrected chi connectivity index (χ4v) is 4.79. The lowest BCUT2D eigenvalue weighted by Gasteiger charge is -2.33. The summed E-state index contributed by atoms with van der Waals surface area (Å²) in [7, 11) is -1.49. The number of hydrogen-bond donors (Lipinski definition) is 2. The molecule has 1 heterocycles. The molecule has 0 spiro atoms. The average Bonchev–Trinajstić information content (AvgIpc) is 2.72. The molecule has 1 aromatic carbocycles.